The highest BCUT2D eigenvalue weighted by Crippen LogP contribution is 2.35. The molecule has 0 aliphatic rings. The summed E-state index contributed by atoms with van der Waals surface area (Å²) >= 11 is 0. The number of aryl methyl sites for hydroxylation is 3. The van der Waals surface area contributed by atoms with E-state index in [4.69, 9.17) is 0 Å². The van der Waals surface area contributed by atoms with Crippen molar-refractivity contribution in [3.05, 3.63) is 58.1 Å². The molecule has 0 aromatic heterocycles. The van der Waals surface area contributed by atoms with E-state index < -0.39 is 37.2 Å². The van der Waals surface area contributed by atoms with E-state index in [0.717, 1.165) is 0 Å². The smallest absolute Gasteiger partial charge is 0.404 e. The van der Waals surface area contributed by atoms with Gasteiger partial charge in [-0.1, -0.05) is 23.8 Å². The van der Waals surface area contributed by atoms with Crippen LogP contribution in [-0.4, -0.2) is 18.2 Å². The molecule has 0 saturated carbocycles. The molecule has 0 radical (unpaired) electrons. The Morgan fingerprint density at radius 1 is 0.731 bits per heavy atom. The highest BCUT2D eigenvalue weighted by atomic mass is 28.4. The summed E-state index contributed by atoms with van der Waals surface area (Å²) in [6.45, 7) is 4.53. The van der Waals surface area contributed by atoms with Gasteiger partial charge in [0.15, 0.2) is 0 Å². The van der Waals surface area contributed by atoms with Crippen LogP contribution in [0.2, 0.25) is 0 Å². The molecule has 0 aliphatic carbocycles. The molecule has 0 amide bonds. The molecule has 0 saturated heterocycles. The monoisotopic (exact) mass is 394 g/mol. The average molecular weight is 394 g/mol. The van der Waals surface area contributed by atoms with Crippen molar-refractivity contribution in [1.82, 2.24) is 0 Å². The lowest BCUT2D eigenvalue weighted by molar-refractivity contribution is -0.141. The van der Waals surface area contributed by atoms with Crippen LogP contribution in [0.3, 0.4) is 0 Å². The second kappa shape index (κ2) is 6.40. The lowest BCUT2D eigenvalue weighted by Gasteiger charge is -2.29. The Bertz CT molecular complexity index is 785. The zero-order chi connectivity index (χ0) is 20.1. The second-order valence-corrected chi connectivity index (χ2v) is 8.51. The van der Waals surface area contributed by atoms with Crippen molar-refractivity contribution in [1.29, 1.82) is 0 Å². The molecular weight excluding hydrogens is 378 g/mol. The number of alkyl halides is 6. The van der Waals surface area contributed by atoms with Crippen LogP contribution in [0.4, 0.5) is 26.3 Å². The van der Waals surface area contributed by atoms with Crippen LogP contribution in [-0.2, 0) is 12.4 Å². The van der Waals surface area contributed by atoms with Crippen LogP contribution < -0.4 is 10.4 Å². The molecule has 0 bridgehead atoms. The fourth-order valence-corrected chi connectivity index (χ4v) is 5.95. The van der Waals surface area contributed by atoms with Crippen LogP contribution in [0.25, 0.3) is 0 Å². The van der Waals surface area contributed by atoms with Gasteiger partial charge in [-0.3, -0.25) is 0 Å². The summed E-state index contributed by atoms with van der Waals surface area (Å²) in [5.41, 5.74) is -2.23. The van der Waals surface area contributed by atoms with E-state index in [-0.39, 0.29) is 16.3 Å². The van der Waals surface area contributed by atoms with Crippen molar-refractivity contribution in [3.8, 4) is 0 Å². The molecule has 9 heteroatoms. The van der Waals surface area contributed by atoms with E-state index in [1.165, 1.54) is 26.0 Å². The van der Waals surface area contributed by atoms with Crippen molar-refractivity contribution in [2.75, 3.05) is 0 Å². The minimum Gasteiger partial charge on any atom is -0.404 e. The number of benzene rings is 2. The first kappa shape index (κ1) is 20.5. The van der Waals surface area contributed by atoms with Gasteiger partial charge in [-0.15, -0.1) is 0 Å². The summed E-state index contributed by atoms with van der Waals surface area (Å²) in [5, 5.41) is -1.76. The van der Waals surface area contributed by atoms with Crippen LogP contribution in [0.1, 0.15) is 27.8 Å². The van der Waals surface area contributed by atoms with Gasteiger partial charge in [-0.2, -0.15) is 26.3 Å². The van der Waals surface area contributed by atoms with Crippen LogP contribution in [0.5, 0.6) is 0 Å². The topological polar surface area (TPSA) is 40.5 Å². The average Bonchev–Trinajstić information content (AvgIpc) is 2.43. The van der Waals surface area contributed by atoms with Gasteiger partial charge in [0, 0.05) is 10.4 Å². The zero-order valence-corrected chi connectivity index (χ0v) is 15.0. The Morgan fingerprint density at radius 3 is 1.46 bits per heavy atom. The molecule has 0 heterocycles. The molecule has 2 aromatic rings. The predicted molar refractivity (Wildman–Crippen MR) is 86.6 cm³/mol. The van der Waals surface area contributed by atoms with Gasteiger partial charge in [-0.05, 0) is 44.0 Å². The van der Waals surface area contributed by atoms with E-state index >= 15 is 0 Å². The van der Waals surface area contributed by atoms with E-state index in [1.807, 2.05) is 0 Å². The Morgan fingerprint density at radius 2 is 1.12 bits per heavy atom. The summed E-state index contributed by atoms with van der Waals surface area (Å²) < 4.78 is 80.2. The normalized spacial score (nSPS) is 13.2. The minimum atomic E-state index is -5.32. The summed E-state index contributed by atoms with van der Waals surface area (Å²) in [4.78, 5) is 21.4. The van der Waals surface area contributed by atoms with Crippen LogP contribution >= 0.6 is 0 Å². The molecule has 142 valence electrons. The SMILES string of the molecule is Cc1cc(C)c([Si](O)(O)c2c(C(F)(F)F)cccc2C(F)(F)F)c(C)c1. The first-order chi connectivity index (χ1) is 11.7. The van der Waals surface area contributed by atoms with E-state index in [2.05, 4.69) is 0 Å². The highest BCUT2D eigenvalue weighted by Gasteiger charge is 2.51. The predicted octanol–water partition coefficient (Wildman–Crippen LogP) is 3.19. The number of halogens is 6. The zero-order valence-electron chi connectivity index (χ0n) is 14.0. The van der Waals surface area contributed by atoms with Crippen molar-refractivity contribution in [2.45, 2.75) is 33.1 Å². The van der Waals surface area contributed by atoms with E-state index in [1.54, 1.807) is 6.92 Å². The molecular formula is C17H16F6O2Si. The number of hydrogen-bond donors (Lipinski definition) is 2. The maximum atomic E-state index is 13.4. The lowest BCUT2D eigenvalue weighted by Crippen LogP contribution is -2.64. The molecule has 2 aromatic carbocycles. The van der Waals surface area contributed by atoms with Crippen molar-refractivity contribution < 1.29 is 35.9 Å². The van der Waals surface area contributed by atoms with E-state index in [9.17, 15) is 35.9 Å². The Labute approximate surface area is 147 Å². The van der Waals surface area contributed by atoms with Gasteiger partial charge < -0.3 is 9.59 Å². The quantitative estimate of drug-likeness (QED) is 0.607. The summed E-state index contributed by atoms with van der Waals surface area (Å²) in [6, 6.07) is 4.43. The van der Waals surface area contributed by atoms with E-state index in [0.29, 0.717) is 23.8 Å². The van der Waals surface area contributed by atoms with Crippen molar-refractivity contribution in [2.24, 2.45) is 0 Å². The van der Waals surface area contributed by atoms with Gasteiger partial charge in [0.1, 0.15) is 0 Å². The Kier molecular flexibility index (Phi) is 5.04. The third-order valence-electron chi connectivity index (χ3n) is 4.05. The molecule has 2 nitrogen and oxygen atoms in total. The molecule has 0 atom stereocenters. The van der Waals surface area contributed by atoms with Gasteiger partial charge in [0.05, 0.1) is 11.1 Å². The maximum absolute atomic E-state index is 13.4. The maximum Gasteiger partial charge on any atom is 0.416 e. The van der Waals surface area contributed by atoms with Gasteiger partial charge >= 0.3 is 20.9 Å². The molecule has 0 unspecified atom stereocenters. The van der Waals surface area contributed by atoms with Crippen molar-refractivity contribution in [3.63, 3.8) is 0 Å². The lowest BCUT2D eigenvalue weighted by atomic mass is 10.1. The number of hydrogen-bond acceptors (Lipinski definition) is 2. The standard InChI is InChI=1S/C17H16F6O2Si/c1-9-7-10(2)14(11(3)8-9)26(24,25)15-12(16(18,19)20)5-4-6-13(15)17(21,22)23/h4-8,24-25H,1-3H3. The Hall–Kier alpha value is -1.84. The largest absolute Gasteiger partial charge is 0.416 e. The second-order valence-electron chi connectivity index (χ2n) is 6.17. The van der Waals surface area contributed by atoms with Gasteiger partial charge in [0.2, 0.25) is 0 Å². The fraction of sp³-hybridized carbons (Fsp3) is 0.294. The first-order valence-corrected chi connectivity index (χ1v) is 9.37. The molecule has 0 aliphatic heterocycles. The third-order valence-corrected chi connectivity index (χ3v) is 6.77. The Balaban J connectivity index is 2.94. The van der Waals surface area contributed by atoms with Gasteiger partial charge in [0.25, 0.3) is 0 Å². The summed E-state index contributed by atoms with van der Waals surface area (Å²) in [7, 11) is -5.32. The van der Waals surface area contributed by atoms with Crippen molar-refractivity contribution >= 4 is 18.9 Å². The highest BCUT2D eigenvalue weighted by molar-refractivity contribution is 6.91. The third kappa shape index (κ3) is 3.65. The molecule has 0 fully saturated rings. The first-order valence-electron chi connectivity index (χ1n) is 7.48. The van der Waals surface area contributed by atoms with Crippen LogP contribution in [0.15, 0.2) is 30.3 Å². The minimum absolute atomic E-state index is 0.226. The number of rotatable bonds is 2. The summed E-state index contributed by atoms with van der Waals surface area (Å²) in [5.74, 6) is 0. The summed E-state index contributed by atoms with van der Waals surface area (Å²) in [6.07, 6.45) is -10.3. The van der Waals surface area contributed by atoms with Gasteiger partial charge in [-0.25, -0.2) is 0 Å². The molecule has 2 rings (SSSR count). The fourth-order valence-electron chi connectivity index (χ4n) is 3.26. The molecule has 2 N–H and O–H groups in total. The molecule has 0 spiro atoms. The molecule has 26 heavy (non-hydrogen) atoms. The van der Waals surface area contributed by atoms with Crippen LogP contribution in [0, 0.1) is 20.8 Å².